The fourth-order valence-corrected chi connectivity index (χ4v) is 4.68. The number of rotatable bonds is 6. The maximum atomic E-state index is 14.0. The molecular formula is C27H33F2N5O2. The molecule has 9 heteroatoms. The number of fused-ring (bicyclic) bond motifs is 1. The highest BCUT2D eigenvalue weighted by Gasteiger charge is 2.20. The lowest BCUT2D eigenvalue weighted by Crippen LogP contribution is -2.37. The Bertz CT molecular complexity index is 1300. The Balaban J connectivity index is 1.80. The number of hydrogen-bond donors (Lipinski definition) is 1. The summed E-state index contributed by atoms with van der Waals surface area (Å²) in [5, 5.41) is 3.12. The molecule has 36 heavy (non-hydrogen) atoms. The second-order valence-electron chi connectivity index (χ2n) is 9.88. The molecule has 1 aliphatic heterocycles. The first-order valence-electron chi connectivity index (χ1n) is 12.4. The maximum absolute atomic E-state index is 14.0. The molecule has 1 aliphatic rings. The van der Waals surface area contributed by atoms with E-state index in [9.17, 15) is 18.4 Å². The second-order valence-corrected chi connectivity index (χ2v) is 9.88. The number of amides is 1. The highest BCUT2D eigenvalue weighted by molar-refractivity contribution is 5.84. The molecular weight excluding hydrogens is 464 g/mol. The standard InChI is InChI=1S/C27H33F2N5O2/c1-17(2)30-25(35)16-34-26(19-12-20(28)14-21(29)13-19)31-24-7-6-22(15-23(24)27(34)36)33-9-5-8-32(10-11-33)18(3)4/h6-7,12-15,17-18H,5,8-11,16H2,1-4H3,(H,30,35). The van der Waals surface area contributed by atoms with E-state index >= 15 is 0 Å². The van der Waals surface area contributed by atoms with E-state index in [1.54, 1.807) is 6.07 Å². The Labute approximate surface area is 209 Å². The van der Waals surface area contributed by atoms with E-state index in [1.807, 2.05) is 26.0 Å². The molecule has 1 saturated heterocycles. The lowest BCUT2D eigenvalue weighted by Gasteiger charge is -2.26. The van der Waals surface area contributed by atoms with E-state index in [-0.39, 0.29) is 29.9 Å². The summed E-state index contributed by atoms with van der Waals surface area (Å²) in [6.45, 7) is 11.4. The summed E-state index contributed by atoms with van der Waals surface area (Å²) in [6, 6.07) is 8.81. The van der Waals surface area contributed by atoms with Crippen molar-refractivity contribution in [3.8, 4) is 11.4 Å². The number of halogens is 2. The van der Waals surface area contributed by atoms with Gasteiger partial charge in [-0.05, 0) is 64.4 Å². The Morgan fingerprint density at radius 1 is 1.00 bits per heavy atom. The van der Waals surface area contributed by atoms with Crippen LogP contribution in [0.5, 0.6) is 0 Å². The number of carbonyl (C=O) groups excluding carboxylic acids is 1. The Kier molecular flexibility index (Phi) is 7.68. The van der Waals surface area contributed by atoms with Crippen LogP contribution >= 0.6 is 0 Å². The van der Waals surface area contributed by atoms with Gasteiger partial charge in [0.05, 0.1) is 10.9 Å². The highest BCUT2D eigenvalue weighted by atomic mass is 19.1. The van der Waals surface area contributed by atoms with Gasteiger partial charge in [0.25, 0.3) is 5.56 Å². The molecule has 0 radical (unpaired) electrons. The normalized spacial score (nSPS) is 15.1. The van der Waals surface area contributed by atoms with Gasteiger partial charge in [-0.25, -0.2) is 13.8 Å². The van der Waals surface area contributed by atoms with Crippen molar-refractivity contribution in [3.05, 3.63) is 58.4 Å². The van der Waals surface area contributed by atoms with Crippen molar-refractivity contribution < 1.29 is 13.6 Å². The number of nitrogens with one attached hydrogen (secondary N) is 1. The molecule has 0 bridgehead atoms. The molecule has 1 aromatic heterocycles. The Hall–Kier alpha value is -3.33. The van der Waals surface area contributed by atoms with Crippen LogP contribution in [0.2, 0.25) is 0 Å². The van der Waals surface area contributed by atoms with Crippen LogP contribution in [0.3, 0.4) is 0 Å². The second kappa shape index (κ2) is 10.7. The van der Waals surface area contributed by atoms with E-state index in [1.165, 1.54) is 4.57 Å². The first kappa shape index (κ1) is 25.8. The molecule has 2 heterocycles. The van der Waals surface area contributed by atoms with Gasteiger partial charge in [-0.1, -0.05) is 0 Å². The number of carbonyl (C=O) groups is 1. The molecule has 2 aromatic carbocycles. The number of hydrogen-bond acceptors (Lipinski definition) is 5. The molecule has 1 amide bonds. The van der Waals surface area contributed by atoms with Gasteiger partial charge in [-0.15, -0.1) is 0 Å². The lowest BCUT2D eigenvalue weighted by atomic mass is 10.1. The number of nitrogens with zero attached hydrogens (tertiary/aromatic N) is 4. The van der Waals surface area contributed by atoms with Crippen LogP contribution in [-0.4, -0.2) is 58.6 Å². The third-order valence-electron chi connectivity index (χ3n) is 6.44. The van der Waals surface area contributed by atoms with Gasteiger partial charge in [-0.2, -0.15) is 0 Å². The predicted octanol–water partition coefficient (Wildman–Crippen LogP) is 3.79. The first-order valence-corrected chi connectivity index (χ1v) is 12.4. The van der Waals surface area contributed by atoms with Gasteiger partial charge in [-0.3, -0.25) is 19.1 Å². The van der Waals surface area contributed by atoms with Crippen molar-refractivity contribution >= 4 is 22.5 Å². The summed E-state index contributed by atoms with van der Waals surface area (Å²) in [7, 11) is 0. The van der Waals surface area contributed by atoms with Crippen molar-refractivity contribution in [2.75, 3.05) is 31.1 Å². The van der Waals surface area contributed by atoms with E-state index in [0.717, 1.165) is 56.5 Å². The molecule has 0 saturated carbocycles. The monoisotopic (exact) mass is 497 g/mol. The minimum absolute atomic E-state index is 0.0416. The molecule has 1 fully saturated rings. The maximum Gasteiger partial charge on any atom is 0.262 e. The average molecular weight is 498 g/mol. The Morgan fingerprint density at radius 3 is 2.39 bits per heavy atom. The van der Waals surface area contributed by atoms with Crippen molar-refractivity contribution in [2.24, 2.45) is 0 Å². The van der Waals surface area contributed by atoms with Crippen LogP contribution in [-0.2, 0) is 11.3 Å². The molecule has 1 N–H and O–H groups in total. The molecule has 0 unspecified atom stereocenters. The molecule has 0 atom stereocenters. The van der Waals surface area contributed by atoms with Crippen molar-refractivity contribution in [1.82, 2.24) is 19.8 Å². The summed E-state index contributed by atoms with van der Waals surface area (Å²) in [5.74, 6) is -1.92. The molecule has 0 spiro atoms. The third kappa shape index (κ3) is 5.73. The summed E-state index contributed by atoms with van der Waals surface area (Å²) < 4.78 is 29.2. The van der Waals surface area contributed by atoms with E-state index in [0.29, 0.717) is 16.9 Å². The summed E-state index contributed by atoms with van der Waals surface area (Å²) in [5.41, 5.74) is 0.977. The average Bonchev–Trinajstić information content (AvgIpc) is 3.06. The topological polar surface area (TPSA) is 70.5 Å². The highest BCUT2D eigenvalue weighted by Crippen LogP contribution is 2.25. The minimum Gasteiger partial charge on any atom is -0.370 e. The fourth-order valence-electron chi connectivity index (χ4n) is 4.68. The van der Waals surface area contributed by atoms with Crippen molar-refractivity contribution in [1.29, 1.82) is 0 Å². The quantitative estimate of drug-likeness (QED) is 0.561. The molecule has 4 rings (SSSR count). The molecule has 0 aliphatic carbocycles. The minimum atomic E-state index is -0.788. The zero-order valence-corrected chi connectivity index (χ0v) is 21.2. The number of anilines is 1. The van der Waals surface area contributed by atoms with Crippen LogP contribution in [0.1, 0.15) is 34.1 Å². The Morgan fingerprint density at radius 2 is 1.72 bits per heavy atom. The van der Waals surface area contributed by atoms with Crippen LogP contribution in [0, 0.1) is 11.6 Å². The van der Waals surface area contributed by atoms with Crippen LogP contribution < -0.4 is 15.8 Å². The zero-order valence-electron chi connectivity index (χ0n) is 21.2. The van der Waals surface area contributed by atoms with Gasteiger partial charge in [0.15, 0.2) is 0 Å². The number of aromatic nitrogens is 2. The van der Waals surface area contributed by atoms with Crippen molar-refractivity contribution in [3.63, 3.8) is 0 Å². The summed E-state index contributed by atoms with van der Waals surface area (Å²) in [4.78, 5) is 35.6. The smallest absolute Gasteiger partial charge is 0.262 e. The fraction of sp³-hybridized carbons (Fsp3) is 0.444. The molecule has 7 nitrogen and oxygen atoms in total. The lowest BCUT2D eigenvalue weighted by molar-refractivity contribution is -0.122. The van der Waals surface area contributed by atoms with E-state index in [2.05, 4.69) is 33.9 Å². The van der Waals surface area contributed by atoms with Crippen LogP contribution in [0.4, 0.5) is 14.5 Å². The molecule has 192 valence electrons. The molecule has 3 aromatic rings. The van der Waals surface area contributed by atoms with Crippen LogP contribution in [0.15, 0.2) is 41.2 Å². The van der Waals surface area contributed by atoms with Gasteiger partial charge in [0.1, 0.15) is 24.0 Å². The van der Waals surface area contributed by atoms with E-state index < -0.39 is 17.2 Å². The largest absolute Gasteiger partial charge is 0.370 e. The third-order valence-corrected chi connectivity index (χ3v) is 6.44. The number of benzene rings is 2. The zero-order chi connectivity index (χ0) is 26.0. The van der Waals surface area contributed by atoms with Gasteiger partial charge >= 0.3 is 0 Å². The van der Waals surface area contributed by atoms with Crippen molar-refractivity contribution in [2.45, 2.75) is 52.7 Å². The summed E-state index contributed by atoms with van der Waals surface area (Å²) >= 11 is 0. The summed E-state index contributed by atoms with van der Waals surface area (Å²) in [6.07, 6.45) is 1.01. The van der Waals surface area contributed by atoms with Gasteiger partial charge < -0.3 is 10.2 Å². The first-order chi connectivity index (χ1) is 17.1. The van der Waals surface area contributed by atoms with E-state index in [4.69, 9.17) is 0 Å². The van der Waals surface area contributed by atoms with Gasteiger partial charge in [0, 0.05) is 55.6 Å². The van der Waals surface area contributed by atoms with Crippen LogP contribution in [0.25, 0.3) is 22.3 Å². The predicted molar refractivity (Wildman–Crippen MR) is 138 cm³/mol. The van der Waals surface area contributed by atoms with Gasteiger partial charge in [0.2, 0.25) is 5.91 Å². The SMILES string of the molecule is CC(C)NC(=O)Cn1c(-c2cc(F)cc(F)c2)nc2ccc(N3CCCN(C(C)C)CC3)cc2c1=O.